The normalized spacial score (nSPS) is 12.9. The zero-order valence-electron chi connectivity index (χ0n) is 12.4. The van der Waals surface area contributed by atoms with Crippen molar-refractivity contribution in [3.63, 3.8) is 0 Å². The molecular formula is C14H20F3O3Si. The summed E-state index contributed by atoms with van der Waals surface area (Å²) in [5.74, 6) is -2.88. The van der Waals surface area contributed by atoms with Crippen LogP contribution in [-0.4, -0.2) is 29.9 Å². The molecule has 0 N–H and O–H groups in total. The van der Waals surface area contributed by atoms with Gasteiger partial charge < -0.3 is 13.3 Å². The molecule has 0 saturated heterocycles. The van der Waals surface area contributed by atoms with Gasteiger partial charge >= 0.3 is 9.53 Å². The summed E-state index contributed by atoms with van der Waals surface area (Å²) < 4.78 is 54.8. The van der Waals surface area contributed by atoms with E-state index in [4.69, 9.17) is 13.3 Å². The predicted molar refractivity (Wildman–Crippen MR) is 74.2 cm³/mol. The first kappa shape index (κ1) is 18.2. The molecular weight excluding hydrogens is 301 g/mol. The topological polar surface area (TPSA) is 27.7 Å². The SMILES string of the molecule is CO[Si](OC)OC(C)CCCCc1cc(F)c(F)cc1F. The van der Waals surface area contributed by atoms with E-state index >= 15 is 0 Å². The largest absolute Gasteiger partial charge is 0.577 e. The minimum Gasteiger partial charge on any atom is -0.375 e. The molecule has 0 bridgehead atoms. The Balaban J connectivity index is 2.33. The third kappa shape index (κ3) is 6.17. The molecule has 0 aliphatic heterocycles. The number of halogens is 3. The molecule has 7 heteroatoms. The van der Waals surface area contributed by atoms with Crippen LogP contribution >= 0.6 is 0 Å². The van der Waals surface area contributed by atoms with E-state index in [2.05, 4.69) is 0 Å². The van der Waals surface area contributed by atoms with Gasteiger partial charge in [-0.3, -0.25) is 0 Å². The van der Waals surface area contributed by atoms with Crippen LogP contribution in [0.25, 0.3) is 0 Å². The molecule has 1 rings (SSSR count). The lowest BCUT2D eigenvalue weighted by Crippen LogP contribution is -2.28. The second kappa shape index (κ2) is 9.19. The molecule has 0 fully saturated rings. The first-order valence-corrected chi connectivity index (χ1v) is 7.95. The quantitative estimate of drug-likeness (QED) is 0.396. The number of aryl methyl sites for hydroxylation is 1. The van der Waals surface area contributed by atoms with Crippen LogP contribution in [0.5, 0.6) is 0 Å². The molecule has 0 heterocycles. The van der Waals surface area contributed by atoms with E-state index in [1.54, 1.807) is 0 Å². The van der Waals surface area contributed by atoms with Crippen LogP contribution in [0.2, 0.25) is 0 Å². The highest BCUT2D eigenvalue weighted by Gasteiger charge is 2.18. The molecule has 0 aliphatic rings. The second-order valence-corrected chi connectivity index (χ2v) is 6.24. The van der Waals surface area contributed by atoms with E-state index in [1.165, 1.54) is 14.2 Å². The first-order valence-electron chi connectivity index (χ1n) is 6.73. The second-order valence-electron chi connectivity index (χ2n) is 4.69. The van der Waals surface area contributed by atoms with Crippen LogP contribution in [0.4, 0.5) is 13.2 Å². The van der Waals surface area contributed by atoms with Crippen molar-refractivity contribution >= 4 is 9.53 Å². The molecule has 1 aromatic rings. The summed E-state index contributed by atoms with van der Waals surface area (Å²) >= 11 is 0. The highest BCUT2D eigenvalue weighted by molar-refractivity contribution is 6.36. The zero-order valence-corrected chi connectivity index (χ0v) is 13.4. The standard InChI is InChI=1S/C14H20F3O3Si/c1-10(20-21(18-2)19-3)6-4-5-7-11-8-13(16)14(17)9-12(11)15/h8-10H,4-7H2,1-3H3. The van der Waals surface area contributed by atoms with Crippen molar-refractivity contribution in [3.05, 3.63) is 35.1 Å². The Morgan fingerprint density at radius 2 is 1.62 bits per heavy atom. The van der Waals surface area contributed by atoms with E-state index in [0.717, 1.165) is 18.9 Å². The third-order valence-corrected chi connectivity index (χ3v) is 4.29. The predicted octanol–water partition coefficient (Wildman–Crippen LogP) is 3.50. The monoisotopic (exact) mass is 321 g/mol. The molecule has 0 amide bonds. The molecule has 0 spiro atoms. The molecule has 21 heavy (non-hydrogen) atoms. The van der Waals surface area contributed by atoms with Crippen LogP contribution in [-0.2, 0) is 19.7 Å². The minimum absolute atomic E-state index is 0.0337. The van der Waals surface area contributed by atoms with Gasteiger partial charge in [-0.05, 0) is 37.8 Å². The average Bonchev–Trinajstić information content (AvgIpc) is 2.46. The average molecular weight is 321 g/mol. The number of hydrogen-bond donors (Lipinski definition) is 0. The van der Waals surface area contributed by atoms with Crippen molar-refractivity contribution in [2.24, 2.45) is 0 Å². The summed E-state index contributed by atoms with van der Waals surface area (Å²) in [6.45, 7) is 1.90. The Morgan fingerprint density at radius 1 is 1.00 bits per heavy atom. The maximum atomic E-state index is 13.4. The van der Waals surface area contributed by atoms with Crippen molar-refractivity contribution in [3.8, 4) is 0 Å². The van der Waals surface area contributed by atoms with Gasteiger partial charge in [0, 0.05) is 26.4 Å². The molecule has 1 aromatic carbocycles. The van der Waals surface area contributed by atoms with Crippen molar-refractivity contribution in [1.29, 1.82) is 0 Å². The van der Waals surface area contributed by atoms with E-state index in [0.29, 0.717) is 18.9 Å². The van der Waals surface area contributed by atoms with E-state index in [9.17, 15) is 13.2 Å². The Kier molecular flexibility index (Phi) is 7.95. The van der Waals surface area contributed by atoms with Gasteiger partial charge in [0.1, 0.15) is 5.82 Å². The Morgan fingerprint density at radius 3 is 2.24 bits per heavy atom. The summed E-state index contributed by atoms with van der Waals surface area (Å²) in [7, 11) is 1.37. The fourth-order valence-corrected chi connectivity index (χ4v) is 2.71. The maximum Gasteiger partial charge on any atom is 0.577 e. The molecule has 0 aromatic heterocycles. The van der Waals surface area contributed by atoms with Gasteiger partial charge in [0.15, 0.2) is 11.6 Å². The van der Waals surface area contributed by atoms with Crippen LogP contribution in [0.1, 0.15) is 31.7 Å². The highest BCUT2D eigenvalue weighted by atomic mass is 28.3. The number of rotatable bonds is 9. The fraction of sp³-hybridized carbons (Fsp3) is 0.571. The van der Waals surface area contributed by atoms with Gasteiger partial charge in [-0.1, -0.05) is 6.42 Å². The van der Waals surface area contributed by atoms with Crippen molar-refractivity contribution in [2.45, 2.75) is 38.7 Å². The summed E-state index contributed by atoms with van der Waals surface area (Å²) in [4.78, 5) is 0. The zero-order chi connectivity index (χ0) is 15.8. The third-order valence-electron chi connectivity index (χ3n) is 3.03. The van der Waals surface area contributed by atoms with Crippen molar-refractivity contribution in [2.75, 3.05) is 14.2 Å². The van der Waals surface area contributed by atoms with Crippen LogP contribution in [0.3, 0.4) is 0 Å². The van der Waals surface area contributed by atoms with Gasteiger partial charge in [-0.15, -0.1) is 0 Å². The van der Waals surface area contributed by atoms with Crippen LogP contribution in [0, 0.1) is 17.5 Å². The molecule has 1 unspecified atom stereocenters. The molecule has 119 valence electrons. The van der Waals surface area contributed by atoms with Gasteiger partial charge in [0.05, 0.1) is 0 Å². The molecule has 1 atom stereocenters. The van der Waals surface area contributed by atoms with E-state index in [-0.39, 0.29) is 11.7 Å². The Labute approximate surface area is 125 Å². The lowest BCUT2D eigenvalue weighted by Gasteiger charge is -2.16. The fourth-order valence-electron chi connectivity index (χ4n) is 1.91. The summed E-state index contributed by atoms with van der Waals surface area (Å²) in [5, 5.41) is 0. The van der Waals surface area contributed by atoms with Gasteiger partial charge in [0.25, 0.3) is 0 Å². The maximum absolute atomic E-state index is 13.4. The van der Waals surface area contributed by atoms with Gasteiger partial charge in [-0.25, -0.2) is 13.2 Å². The minimum atomic E-state index is -1.68. The first-order chi connectivity index (χ1) is 9.97. The van der Waals surface area contributed by atoms with Crippen molar-refractivity contribution in [1.82, 2.24) is 0 Å². The smallest absolute Gasteiger partial charge is 0.375 e. The van der Waals surface area contributed by atoms with E-state index in [1.807, 2.05) is 6.92 Å². The van der Waals surface area contributed by atoms with Crippen LogP contribution < -0.4 is 0 Å². The molecule has 3 nitrogen and oxygen atoms in total. The Bertz CT molecular complexity index is 442. The lowest BCUT2D eigenvalue weighted by atomic mass is 10.0. The molecule has 0 aliphatic carbocycles. The number of unbranched alkanes of at least 4 members (excludes halogenated alkanes) is 1. The van der Waals surface area contributed by atoms with Crippen LogP contribution in [0.15, 0.2) is 12.1 Å². The molecule has 1 radical (unpaired) electrons. The Hall–Kier alpha value is -0.893. The molecule has 0 saturated carbocycles. The summed E-state index contributed by atoms with van der Waals surface area (Å²) in [5.41, 5.74) is 0.195. The lowest BCUT2D eigenvalue weighted by molar-refractivity contribution is 0.0893. The summed E-state index contributed by atoms with van der Waals surface area (Å²) in [6.07, 6.45) is 2.53. The number of hydrogen-bond acceptors (Lipinski definition) is 3. The van der Waals surface area contributed by atoms with Gasteiger partial charge in [0.2, 0.25) is 0 Å². The van der Waals surface area contributed by atoms with E-state index < -0.39 is 27.0 Å². The van der Waals surface area contributed by atoms with Crippen molar-refractivity contribution < 1.29 is 26.4 Å². The summed E-state index contributed by atoms with van der Waals surface area (Å²) in [6, 6.07) is 1.50. The highest BCUT2D eigenvalue weighted by Crippen LogP contribution is 2.17. The number of benzene rings is 1. The van der Waals surface area contributed by atoms with Gasteiger partial charge in [-0.2, -0.15) is 0 Å².